The molecule has 0 saturated carbocycles. The van der Waals surface area contributed by atoms with Crippen LogP contribution < -0.4 is 4.90 Å². The lowest BCUT2D eigenvalue weighted by atomic mass is 9.97. The lowest BCUT2D eigenvalue weighted by Crippen LogP contribution is -2.36. The maximum absolute atomic E-state index is 13.4. The number of ether oxygens (including phenoxy) is 1. The second-order valence-electron chi connectivity index (χ2n) is 10.2. The number of hydrogen-bond donors (Lipinski definition) is 0. The molecule has 1 aliphatic heterocycles. The molecule has 1 fully saturated rings. The summed E-state index contributed by atoms with van der Waals surface area (Å²) in [5.41, 5.74) is 3.04. The number of ketones is 2. The first kappa shape index (κ1) is 31.3. The number of carbonyl (C=O) groups is 3. The summed E-state index contributed by atoms with van der Waals surface area (Å²) in [4.78, 5) is 57.3. The Morgan fingerprint density at radius 2 is 1.40 bits per heavy atom. The van der Waals surface area contributed by atoms with Gasteiger partial charge in [-0.3, -0.25) is 19.7 Å². The average molecular weight is 624 g/mol. The van der Waals surface area contributed by atoms with Gasteiger partial charge < -0.3 is 14.5 Å². The zero-order chi connectivity index (χ0) is 31.9. The summed E-state index contributed by atoms with van der Waals surface area (Å²) < 4.78 is 5.41. The van der Waals surface area contributed by atoms with Gasteiger partial charge in [0.2, 0.25) is 5.78 Å². The lowest BCUT2D eigenvalue weighted by molar-refractivity contribution is -0.384. The summed E-state index contributed by atoms with van der Waals surface area (Å²) in [6, 6.07) is 25.8. The number of carbonyl (C=O) groups excluding carboxylic acids is 3. The maximum Gasteiger partial charge on any atom is 0.332 e. The molecule has 228 valence electrons. The highest BCUT2D eigenvalue weighted by molar-refractivity contribution is 7.99. The Balaban J connectivity index is 1.26. The Labute approximate surface area is 263 Å². The number of non-ortho nitro benzene ring substituents is 1. The van der Waals surface area contributed by atoms with Gasteiger partial charge in [-0.15, -0.1) is 0 Å². The highest BCUT2D eigenvalue weighted by Gasteiger charge is 2.22. The van der Waals surface area contributed by atoms with Crippen LogP contribution in [0.2, 0.25) is 0 Å². The van der Waals surface area contributed by atoms with Crippen molar-refractivity contribution in [3.63, 3.8) is 0 Å². The molecule has 0 aromatic heterocycles. The summed E-state index contributed by atoms with van der Waals surface area (Å²) >= 11 is 1.47. The van der Waals surface area contributed by atoms with Crippen molar-refractivity contribution in [2.24, 2.45) is 5.16 Å². The molecule has 0 atom stereocenters. The molecular weight excluding hydrogens is 594 g/mol. The first-order valence-electron chi connectivity index (χ1n) is 14.1. The average Bonchev–Trinajstić information content (AvgIpc) is 3.06. The molecule has 1 aliphatic rings. The SMILES string of the molecule is CC(=O)O/N=C(/C(=O)c1ccc(Sc2ccc(C(=O)c3ccc(N4CCOCC4)cc3)cc2)cc1)c1ccc([N+](=O)[O-])cc1C. The van der Waals surface area contributed by atoms with E-state index < -0.39 is 16.7 Å². The predicted octanol–water partition coefficient (Wildman–Crippen LogP) is 6.27. The van der Waals surface area contributed by atoms with Gasteiger partial charge in [0.1, 0.15) is 0 Å². The number of rotatable bonds is 10. The molecule has 0 aliphatic carbocycles. The number of morpholine rings is 1. The molecule has 10 nitrogen and oxygen atoms in total. The number of benzene rings is 4. The Kier molecular flexibility index (Phi) is 9.81. The summed E-state index contributed by atoms with van der Waals surface area (Å²) in [5, 5.41) is 14.9. The highest BCUT2D eigenvalue weighted by atomic mass is 32.2. The van der Waals surface area contributed by atoms with Crippen LogP contribution in [0.4, 0.5) is 11.4 Å². The van der Waals surface area contributed by atoms with Crippen LogP contribution in [0.3, 0.4) is 0 Å². The largest absolute Gasteiger partial charge is 0.378 e. The maximum atomic E-state index is 13.4. The molecule has 5 rings (SSSR count). The molecule has 1 heterocycles. The number of anilines is 1. The fourth-order valence-electron chi connectivity index (χ4n) is 4.78. The van der Waals surface area contributed by atoms with E-state index in [2.05, 4.69) is 10.1 Å². The number of nitro groups is 1. The van der Waals surface area contributed by atoms with Gasteiger partial charge in [0.05, 0.1) is 18.1 Å². The van der Waals surface area contributed by atoms with E-state index in [9.17, 15) is 24.5 Å². The quantitative estimate of drug-likeness (QED) is 0.0660. The van der Waals surface area contributed by atoms with E-state index in [1.807, 2.05) is 36.4 Å². The minimum absolute atomic E-state index is 0.0579. The van der Waals surface area contributed by atoms with Gasteiger partial charge in [-0.2, -0.15) is 0 Å². The minimum Gasteiger partial charge on any atom is -0.378 e. The van der Waals surface area contributed by atoms with Gasteiger partial charge in [-0.05, 0) is 91.3 Å². The molecule has 4 aromatic rings. The van der Waals surface area contributed by atoms with Crippen LogP contribution in [0.5, 0.6) is 0 Å². The number of nitro benzene ring substituents is 1. The van der Waals surface area contributed by atoms with E-state index in [0.29, 0.717) is 41.0 Å². The van der Waals surface area contributed by atoms with E-state index in [-0.39, 0.29) is 17.2 Å². The Morgan fingerprint density at radius 1 is 0.844 bits per heavy atom. The van der Waals surface area contributed by atoms with Crippen LogP contribution in [0, 0.1) is 17.0 Å². The first-order valence-corrected chi connectivity index (χ1v) is 14.9. The summed E-state index contributed by atoms with van der Waals surface area (Å²) in [5.74, 6) is -1.27. The van der Waals surface area contributed by atoms with Crippen molar-refractivity contribution >= 4 is 46.4 Å². The van der Waals surface area contributed by atoms with Crippen molar-refractivity contribution in [3.8, 4) is 0 Å². The van der Waals surface area contributed by atoms with E-state index in [1.165, 1.54) is 30.0 Å². The predicted molar refractivity (Wildman–Crippen MR) is 170 cm³/mol. The Bertz CT molecular complexity index is 1760. The normalized spacial score (nSPS) is 13.3. The molecule has 11 heteroatoms. The third-order valence-corrected chi connectivity index (χ3v) is 8.15. The molecule has 0 unspecified atom stereocenters. The number of hydrogen-bond acceptors (Lipinski definition) is 10. The molecular formula is C34H29N3O7S. The zero-order valence-corrected chi connectivity index (χ0v) is 25.4. The molecule has 0 radical (unpaired) electrons. The van der Waals surface area contributed by atoms with E-state index in [0.717, 1.165) is 35.5 Å². The highest BCUT2D eigenvalue weighted by Crippen LogP contribution is 2.29. The van der Waals surface area contributed by atoms with Gasteiger partial charge in [-0.25, -0.2) is 4.79 Å². The topological polar surface area (TPSA) is 128 Å². The monoisotopic (exact) mass is 623 g/mol. The van der Waals surface area contributed by atoms with Crippen LogP contribution in [0.1, 0.15) is 44.3 Å². The Morgan fingerprint density at radius 3 is 1.93 bits per heavy atom. The number of Topliss-reactive ketones (excluding diaryl/α,β-unsaturated/α-hetero) is 1. The zero-order valence-electron chi connectivity index (χ0n) is 24.6. The van der Waals surface area contributed by atoms with Gasteiger partial charge >= 0.3 is 5.97 Å². The Hall–Kier alpha value is -5.13. The van der Waals surface area contributed by atoms with Gasteiger partial charge in [0.15, 0.2) is 11.5 Å². The summed E-state index contributed by atoms with van der Waals surface area (Å²) in [6.07, 6.45) is 0. The van der Waals surface area contributed by atoms with Crippen LogP contribution >= 0.6 is 11.8 Å². The molecule has 4 aromatic carbocycles. The van der Waals surface area contributed by atoms with Crippen molar-refractivity contribution in [2.75, 3.05) is 31.2 Å². The van der Waals surface area contributed by atoms with Crippen LogP contribution in [0.15, 0.2) is 106 Å². The van der Waals surface area contributed by atoms with E-state index in [4.69, 9.17) is 9.57 Å². The molecule has 0 spiro atoms. The molecule has 45 heavy (non-hydrogen) atoms. The standard InChI is InChI=1S/C34H29N3O7S/c1-22-21-28(37(41)42)11-16-31(22)32(35-44-23(2)38)34(40)26-7-14-30(15-8-26)45-29-12-5-25(6-13-29)33(39)24-3-9-27(10-4-24)36-17-19-43-20-18-36/h3-16,21H,17-20H2,1-2H3/b35-32+. The third-order valence-electron chi connectivity index (χ3n) is 7.13. The summed E-state index contributed by atoms with van der Waals surface area (Å²) in [7, 11) is 0. The van der Waals surface area contributed by atoms with Gasteiger partial charge in [0, 0.05) is 69.9 Å². The fourth-order valence-corrected chi connectivity index (χ4v) is 5.60. The van der Waals surface area contributed by atoms with Gasteiger partial charge in [-0.1, -0.05) is 16.9 Å². The van der Waals surface area contributed by atoms with Crippen molar-refractivity contribution < 1.29 is 28.9 Å². The number of nitrogens with zero attached hydrogens (tertiary/aromatic N) is 3. The van der Waals surface area contributed by atoms with Crippen LogP contribution in [-0.2, 0) is 14.4 Å². The van der Waals surface area contributed by atoms with Crippen molar-refractivity contribution in [1.82, 2.24) is 0 Å². The van der Waals surface area contributed by atoms with E-state index in [1.54, 1.807) is 43.3 Å². The molecule has 0 N–H and O–H groups in total. The molecule has 0 amide bonds. The van der Waals surface area contributed by atoms with E-state index >= 15 is 0 Å². The number of oxime groups is 1. The van der Waals surface area contributed by atoms with Crippen LogP contribution in [0.25, 0.3) is 0 Å². The third kappa shape index (κ3) is 7.69. The second kappa shape index (κ2) is 14.1. The summed E-state index contributed by atoms with van der Waals surface area (Å²) in [6.45, 7) is 5.83. The van der Waals surface area contributed by atoms with Crippen molar-refractivity contribution in [1.29, 1.82) is 0 Å². The van der Waals surface area contributed by atoms with Crippen molar-refractivity contribution in [2.45, 2.75) is 23.6 Å². The van der Waals surface area contributed by atoms with Crippen molar-refractivity contribution in [3.05, 3.63) is 129 Å². The van der Waals surface area contributed by atoms with Gasteiger partial charge in [0.25, 0.3) is 5.69 Å². The lowest BCUT2D eigenvalue weighted by Gasteiger charge is -2.28. The number of aryl methyl sites for hydroxylation is 1. The molecule has 1 saturated heterocycles. The smallest absolute Gasteiger partial charge is 0.332 e. The fraction of sp³-hybridized carbons (Fsp3) is 0.176. The minimum atomic E-state index is -0.707. The molecule has 0 bridgehead atoms. The first-order chi connectivity index (χ1) is 21.7. The second-order valence-corrected chi connectivity index (χ2v) is 11.4. The van der Waals surface area contributed by atoms with Crippen LogP contribution in [-0.4, -0.2) is 54.5 Å².